The van der Waals surface area contributed by atoms with Crippen LogP contribution < -0.4 is 4.74 Å². The smallest absolute Gasteiger partial charge is 0.410 e. The van der Waals surface area contributed by atoms with Crippen LogP contribution in [0.1, 0.15) is 58.6 Å². The summed E-state index contributed by atoms with van der Waals surface area (Å²) in [5.74, 6) is 0.702. The van der Waals surface area contributed by atoms with Gasteiger partial charge < -0.3 is 28.7 Å². The molecule has 2 amide bonds. The van der Waals surface area contributed by atoms with Crippen molar-refractivity contribution < 1.29 is 28.5 Å². The van der Waals surface area contributed by atoms with E-state index in [0.717, 1.165) is 30.6 Å². The van der Waals surface area contributed by atoms with Gasteiger partial charge in [-0.25, -0.2) is 4.79 Å². The summed E-state index contributed by atoms with van der Waals surface area (Å²) in [4.78, 5) is 29.6. The number of hydrogen-bond donors (Lipinski definition) is 0. The van der Waals surface area contributed by atoms with Gasteiger partial charge in [0, 0.05) is 32.7 Å². The number of nitrogens with zero attached hydrogens (tertiary/aromatic N) is 2. The first-order chi connectivity index (χ1) is 15.7. The molecule has 0 radical (unpaired) electrons. The summed E-state index contributed by atoms with van der Waals surface area (Å²) in [6.07, 6.45) is 1.67. The lowest BCUT2D eigenvalue weighted by molar-refractivity contribution is -0.151. The molecule has 8 heteroatoms. The van der Waals surface area contributed by atoms with Crippen molar-refractivity contribution in [3.05, 3.63) is 29.8 Å². The first kappa shape index (κ1) is 25.3. The monoisotopic (exact) mass is 462 g/mol. The maximum atomic E-state index is 13.6. The Morgan fingerprint density at radius 1 is 1.24 bits per heavy atom. The molecule has 2 aliphatic rings. The SMILES string of the molecule is COCCCOc1cccc(C(C)N(C(=O)[C@H]2CN(C(=O)OC(C)(C)C)CCO2)C2CC2)c1. The summed E-state index contributed by atoms with van der Waals surface area (Å²) in [5, 5.41) is 0. The second-order valence-corrected chi connectivity index (χ2v) is 9.71. The van der Waals surface area contributed by atoms with Crippen LogP contribution >= 0.6 is 0 Å². The molecule has 0 spiro atoms. The van der Waals surface area contributed by atoms with Crippen LogP contribution in [0, 0.1) is 0 Å². The van der Waals surface area contributed by atoms with E-state index in [1.807, 2.05) is 56.9 Å². The Bertz CT molecular complexity index is 804. The Hall–Kier alpha value is -2.32. The highest BCUT2D eigenvalue weighted by Gasteiger charge is 2.41. The fourth-order valence-corrected chi connectivity index (χ4v) is 3.92. The van der Waals surface area contributed by atoms with Crippen molar-refractivity contribution in [1.82, 2.24) is 9.80 Å². The minimum atomic E-state index is -0.692. The molecular weight excluding hydrogens is 424 g/mol. The van der Waals surface area contributed by atoms with E-state index in [1.54, 1.807) is 12.0 Å². The standard InChI is InChI=1S/C25H38N2O6/c1-18(19-8-6-9-21(16-19)31-14-7-13-30-5)27(20-10-11-20)23(28)22-17-26(12-15-32-22)24(29)33-25(2,3)4/h6,8-9,16,18,20,22H,7,10-15,17H2,1-5H3/t18?,22-/m1/s1. The molecule has 0 N–H and O–H groups in total. The van der Waals surface area contributed by atoms with Crippen molar-refractivity contribution in [3.8, 4) is 5.75 Å². The molecule has 33 heavy (non-hydrogen) atoms. The van der Waals surface area contributed by atoms with E-state index in [0.29, 0.717) is 26.4 Å². The lowest BCUT2D eigenvalue weighted by atomic mass is 10.0. The highest BCUT2D eigenvalue weighted by molar-refractivity contribution is 5.83. The third-order valence-corrected chi connectivity index (χ3v) is 5.71. The number of benzene rings is 1. The predicted molar refractivity (Wildman–Crippen MR) is 124 cm³/mol. The molecule has 3 rings (SSSR count). The predicted octanol–water partition coefficient (Wildman–Crippen LogP) is 3.79. The maximum Gasteiger partial charge on any atom is 0.410 e. The average molecular weight is 463 g/mol. The van der Waals surface area contributed by atoms with Gasteiger partial charge >= 0.3 is 6.09 Å². The van der Waals surface area contributed by atoms with Gasteiger partial charge in [0.2, 0.25) is 0 Å². The molecule has 1 saturated carbocycles. The zero-order valence-electron chi connectivity index (χ0n) is 20.5. The highest BCUT2D eigenvalue weighted by atomic mass is 16.6. The largest absolute Gasteiger partial charge is 0.493 e. The van der Waals surface area contributed by atoms with Crippen LogP contribution in [-0.2, 0) is 19.0 Å². The molecule has 1 aromatic carbocycles. The van der Waals surface area contributed by atoms with Crippen LogP contribution in [0.2, 0.25) is 0 Å². The molecule has 1 unspecified atom stereocenters. The van der Waals surface area contributed by atoms with E-state index < -0.39 is 17.8 Å². The molecule has 0 bridgehead atoms. The Morgan fingerprint density at radius 2 is 2.00 bits per heavy atom. The molecule has 1 saturated heterocycles. The second kappa shape index (κ2) is 11.2. The van der Waals surface area contributed by atoms with E-state index in [4.69, 9.17) is 18.9 Å². The van der Waals surface area contributed by atoms with Crippen molar-refractivity contribution >= 4 is 12.0 Å². The quantitative estimate of drug-likeness (QED) is 0.520. The van der Waals surface area contributed by atoms with E-state index in [1.165, 1.54) is 0 Å². The van der Waals surface area contributed by atoms with Crippen molar-refractivity contribution in [2.24, 2.45) is 0 Å². The number of methoxy groups -OCH3 is 1. The van der Waals surface area contributed by atoms with Gasteiger partial charge in [-0.15, -0.1) is 0 Å². The van der Waals surface area contributed by atoms with Gasteiger partial charge in [0.1, 0.15) is 11.4 Å². The minimum Gasteiger partial charge on any atom is -0.493 e. The van der Waals surface area contributed by atoms with Gasteiger partial charge in [0.15, 0.2) is 6.10 Å². The molecule has 2 atom stereocenters. The zero-order valence-corrected chi connectivity index (χ0v) is 20.5. The Kier molecular flexibility index (Phi) is 8.59. The Balaban J connectivity index is 1.67. The van der Waals surface area contributed by atoms with Crippen LogP contribution in [0.4, 0.5) is 4.79 Å². The molecule has 1 heterocycles. The molecule has 184 valence electrons. The molecule has 1 aliphatic carbocycles. The number of amides is 2. The van der Waals surface area contributed by atoms with Gasteiger partial charge in [-0.3, -0.25) is 4.79 Å². The summed E-state index contributed by atoms with van der Waals surface area (Å²) in [6.45, 7) is 9.70. The van der Waals surface area contributed by atoms with Crippen LogP contribution in [0.5, 0.6) is 5.75 Å². The molecule has 0 aromatic heterocycles. The lowest BCUT2D eigenvalue weighted by Crippen LogP contribution is -2.54. The summed E-state index contributed by atoms with van der Waals surface area (Å²) in [6, 6.07) is 7.95. The fourth-order valence-electron chi connectivity index (χ4n) is 3.92. The molecule has 1 aliphatic heterocycles. The minimum absolute atomic E-state index is 0.0790. The highest BCUT2D eigenvalue weighted by Crippen LogP contribution is 2.36. The first-order valence-electron chi connectivity index (χ1n) is 11.8. The summed E-state index contributed by atoms with van der Waals surface area (Å²) >= 11 is 0. The van der Waals surface area contributed by atoms with Crippen LogP contribution in [0.25, 0.3) is 0 Å². The summed E-state index contributed by atoms with van der Waals surface area (Å²) in [5.41, 5.74) is 0.430. The van der Waals surface area contributed by atoms with E-state index in [-0.39, 0.29) is 24.5 Å². The van der Waals surface area contributed by atoms with Crippen LogP contribution in [0.3, 0.4) is 0 Å². The van der Waals surface area contributed by atoms with Crippen molar-refractivity contribution in [2.75, 3.05) is 40.0 Å². The number of rotatable bonds is 9. The van der Waals surface area contributed by atoms with E-state index in [9.17, 15) is 9.59 Å². The molecule has 2 fully saturated rings. The molecule has 8 nitrogen and oxygen atoms in total. The topological polar surface area (TPSA) is 77.5 Å². The number of hydrogen-bond acceptors (Lipinski definition) is 6. The van der Waals surface area contributed by atoms with Gasteiger partial charge in [0.25, 0.3) is 5.91 Å². The third kappa shape index (κ3) is 7.33. The molecule has 1 aromatic rings. The van der Waals surface area contributed by atoms with Gasteiger partial charge in [0.05, 0.1) is 25.8 Å². The van der Waals surface area contributed by atoms with Gasteiger partial charge in [-0.05, 0) is 58.2 Å². The first-order valence-corrected chi connectivity index (χ1v) is 11.8. The number of carbonyl (C=O) groups is 2. The average Bonchev–Trinajstić information content (AvgIpc) is 3.61. The van der Waals surface area contributed by atoms with E-state index >= 15 is 0 Å². The summed E-state index contributed by atoms with van der Waals surface area (Å²) in [7, 11) is 1.68. The van der Waals surface area contributed by atoms with Crippen molar-refractivity contribution in [1.29, 1.82) is 0 Å². The van der Waals surface area contributed by atoms with Crippen LogP contribution in [0.15, 0.2) is 24.3 Å². The Morgan fingerprint density at radius 3 is 2.67 bits per heavy atom. The lowest BCUT2D eigenvalue weighted by Gasteiger charge is -2.38. The number of ether oxygens (including phenoxy) is 4. The zero-order chi connectivity index (χ0) is 24.0. The van der Waals surface area contributed by atoms with Gasteiger partial charge in [-0.2, -0.15) is 0 Å². The van der Waals surface area contributed by atoms with Crippen molar-refractivity contribution in [3.63, 3.8) is 0 Å². The number of carbonyl (C=O) groups excluding carboxylic acids is 2. The summed E-state index contributed by atoms with van der Waals surface area (Å²) < 4.78 is 22.2. The Labute approximate surface area is 197 Å². The molecular formula is C25H38N2O6. The van der Waals surface area contributed by atoms with E-state index in [2.05, 4.69) is 0 Å². The van der Waals surface area contributed by atoms with Crippen LogP contribution in [-0.4, -0.2) is 79.6 Å². The maximum absolute atomic E-state index is 13.6. The van der Waals surface area contributed by atoms with Crippen molar-refractivity contribution in [2.45, 2.75) is 70.7 Å². The normalized spacial score (nSPS) is 19.7. The number of morpholine rings is 1. The third-order valence-electron chi connectivity index (χ3n) is 5.71. The fraction of sp³-hybridized carbons (Fsp3) is 0.680. The second-order valence-electron chi connectivity index (χ2n) is 9.71. The van der Waals surface area contributed by atoms with Gasteiger partial charge in [-0.1, -0.05) is 12.1 Å².